The summed E-state index contributed by atoms with van der Waals surface area (Å²) in [7, 11) is -1.31. The molecule has 1 atom stereocenters. The second-order valence-corrected chi connectivity index (χ2v) is 12.7. The number of fused-ring (bicyclic) bond motifs is 1. The first-order valence-corrected chi connectivity index (χ1v) is 14.9. The van der Waals surface area contributed by atoms with Crippen LogP contribution in [0, 0.1) is 11.8 Å². The maximum absolute atomic E-state index is 13.2. The van der Waals surface area contributed by atoms with Crippen molar-refractivity contribution in [1.82, 2.24) is 29.1 Å². The van der Waals surface area contributed by atoms with Crippen LogP contribution >= 0.6 is 0 Å². The van der Waals surface area contributed by atoms with E-state index in [1.807, 2.05) is 19.2 Å². The lowest BCUT2D eigenvalue weighted by Crippen LogP contribution is -2.55. The van der Waals surface area contributed by atoms with Crippen LogP contribution in [-0.2, 0) is 19.6 Å². The lowest BCUT2D eigenvalue weighted by Gasteiger charge is -2.36. The van der Waals surface area contributed by atoms with Gasteiger partial charge in [-0.25, -0.2) is 22.7 Å². The lowest BCUT2D eigenvalue weighted by atomic mass is 9.86. The SMILES string of the molecule is CCN1CCN(C[C@H]2CCN(S(=O)(=O)CC3CCC(N(C)c4ncnc5[nH]ccc45)CC3)C2)C(=O)C1=O. The summed E-state index contributed by atoms with van der Waals surface area (Å²) in [6.07, 6.45) is 7.75. The third-order valence-electron chi connectivity index (χ3n) is 8.38. The number of anilines is 1. The predicted octanol–water partition coefficient (Wildman–Crippen LogP) is 1.30. The summed E-state index contributed by atoms with van der Waals surface area (Å²) in [4.78, 5) is 41.9. The van der Waals surface area contributed by atoms with Crippen molar-refractivity contribution in [3.63, 3.8) is 0 Å². The van der Waals surface area contributed by atoms with Gasteiger partial charge in [0.1, 0.15) is 17.8 Å². The number of likely N-dealkylation sites (N-methyl/N-ethyl adjacent to an activating group) is 1. The number of carbonyl (C=O) groups excluding carboxylic acids is 2. The molecule has 5 rings (SSSR count). The molecule has 1 N–H and O–H groups in total. The Balaban J connectivity index is 1.11. The van der Waals surface area contributed by atoms with E-state index in [4.69, 9.17) is 0 Å². The molecule has 2 aromatic heterocycles. The monoisotopic (exact) mass is 531 g/mol. The largest absolute Gasteiger partial charge is 0.356 e. The number of hydrogen-bond acceptors (Lipinski definition) is 7. The van der Waals surface area contributed by atoms with E-state index >= 15 is 0 Å². The summed E-state index contributed by atoms with van der Waals surface area (Å²) >= 11 is 0. The summed E-state index contributed by atoms with van der Waals surface area (Å²) in [5.74, 6) is 0.389. The van der Waals surface area contributed by atoms with Crippen LogP contribution in [0.2, 0.25) is 0 Å². The van der Waals surface area contributed by atoms with Gasteiger partial charge in [0.25, 0.3) is 0 Å². The fourth-order valence-corrected chi connectivity index (χ4v) is 8.08. The van der Waals surface area contributed by atoms with Crippen molar-refractivity contribution in [2.24, 2.45) is 11.8 Å². The Bertz CT molecular complexity index is 1240. The van der Waals surface area contributed by atoms with E-state index in [1.54, 1.807) is 20.4 Å². The highest BCUT2D eigenvalue weighted by Gasteiger charge is 2.38. The number of carbonyl (C=O) groups is 2. The zero-order valence-electron chi connectivity index (χ0n) is 21.7. The van der Waals surface area contributed by atoms with Crippen molar-refractivity contribution in [2.75, 3.05) is 57.0 Å². The molecular formula is C25H37N7O4S. The molecule has 202 valence electrons. The van der Waals surface area contributed by atoms with E-state index in [0.717, 1.165) is 49.0 Å². The molecule has 0 spiro atoms. The molecule has 1 saturated carbocycles. The highest BCUT2D eigenvalue weighted by molar-refractivity contribution is 7.89. The van der Waals surface area contributed by atoms with Crippen LogP contribution in [0.4, 0.5) is 5.82 Å². The van der Waals surface area contributed by atoms with Crippen molar-refractivity contribution in [3.05, 3.63) is 18.6 Å². The normalized spacial score (nSPS) is 25.8. The third-order valence-corrected chi connectivity index (χ3v) is 10.4. The van der Waals surface area contributed by atoms with Crippen LogP contribution in [0.5, 0.6) is 0 Å². The fraction of sp³-hybridized carbons (Fsp3) is 0.680. The van der Waals surface area contributed by atoms with E-state index in [2.05, 4.69) is 26.9 Å². The zero-order valence-corrected chi connectivity index (χ0v) is 22.5. The molecule has 11 nitrogen and oxygen atoms in total. The van der Waals surface area contributed by atoms with Crippen LogP contribution < -0.4 is 4.90 Å². The Kier molecular flexibility index (Phi) is 7.39. The van der Waals surface area contributed by atoms with Gasteiger partial charge in [0.15, 0.2) is 0 Å². The smallest absolute Gasteiger partial charge is 0.312 e. The van der Waals surface area contributed by atoms with Crippen molar-refractivity contribution < 1.29 is 18.0 Å². The molecule has 2 aromatic rings. The van der Waals surface area contributed by atoms with E-state index in [-0.39, 0.29) is 17.6 Å². The number of nitrogens with one attached hydrogen (secondary N) is 1. The van der Waals surface area contributed by atoms with Gasteiger partial charge in [0.05, 0.1) is 11.1 Å². The number of rotatable bonds is 8. The first-order valence-electron chi connectivity index (χ1n) is 13.3. The Labute approximate surface area is 218 Å². The Morgan fingerprint density at radius 3 is 2.49 bits per heavy atom. The molecule has 3 aliphatic rings. The van der Waals surface area contributed by atoms with E-state index in [1.165, 1.54) is 0 Å². The standard InChI is InChI=1S/C25H37N7O4S/c1-3-30-12-13-31(25(34)24(30)33)14-19-9-11-32(15-19)37(35,36)16-18-4-6-20(7-5-18)29(2)23-21-8-10-26-22(21)27-17-28-23/h8,10,17-20H,3-7,9,11-16H2,1-2H3,(H,26,27,28)/t18?,19-,20?/m1/s1. The zero-order chi connectivity index (χ0) is 26.2. The molecule has 2 saturated heterocycles. The lowest BCUT2D eigenvalue weighted by molar-refractivity contribution is -0.156. The van der Waals surface area contributed by atoms with Gasteiger partial charge in [0.2, 0.25) is 10.0 Å². The Hall–Kier alpha value is -2.73. The Morgan fingerprint density at radius 1 is 1.00 bits per heavy atom. The second-order valence-electron chi connectivity index (χ2n) is 10.6. The third kappa shape index (κ3) is 5.31. The molecule has 0 aromatic carbocycles. The molecular weight excluding hydrogens is 494 g/mol. The van der Waals surface area contributed by atoms with Crippen LogP contribution in [0.1, 0.15) is 39.0 Å². The molecule has 37 heavy (non-hydrogen) atoms. The van der Waals surface area contributed by atoms with Gasteiger partial charge in [-0.2, -0.15) is 0 Å². The fourth-order valence-electron chi connectivity index (χ4n) is 6.12. The average Bonchev–Trinajstić information content (AvgIpc) is 3.57. The minimum absolute atomic E-state index is 0.0715. The van der Waals surface area contributed by atoms with Crippen LogP contribution in [0.15, 0.2) is 18.6 Å². The number of H-pyrrole nitrogens is 1. The highest BCUT2D eigenvalue weighted by atomic mass is 32.2. The number of amides is 2. The number of aromatic nitrogens is 3. The van der Waals surface area contributed by atoms with Crippen molar-refractivity contribution in [2.45, 2.75) is 45.1 Å². The first-order chi connectivity index (χ1) is 17.8. The van der Waals surface area contributed by atoms with Gasteiger partial charge in [-0.1, -0.05) is 0 Å². The molecule has 12 heteroatoms. The minimum Gasteiger partial charge on any atom is -0.356 e. The van der Waals surface area contributed by atoms with Gasteiger partial charge in [-0.15, -0.1) is 0 Å². The maximum atomic E-state index is 13.2. The second kappa shape index (κ2) is 10.6. The van der Waals surface area contributed by atoms with E-state index in [9.17, 15) is 18.0 Å². The van der Waals surface area contributed by atoms with Gasteiger partial charge in [-0.3, -0.25) is 9.59 Å². The minimum atomic E-state index is -3.37. The predicted molar refractivity (Wildman–Crippen MR) is 140 cm³/mol. The maximum Gasteiger partial charge on any atom is 0.312 e. The quantitative estimate of drug-likeness (QED) is 0.509. The number of piperazine rings is 1. The van der Waals surface area contributed by atoms with Gasteiger partial charge in [-0.05, 0) is 56.9 Å². The molecule has 3 fully saturated rings. The topological polar surface area (TPSA) is 123 Å². The van der Waals surface area contributed by atoms with Gasteiger partial charge < -0.3 is 19.7 Å². The summed E-state index contributed by atoms with van der Waals surface area (Å²) < 4.78 is 28.1. The number of hydrogen-bond donors (Lipinski definition) is 1. The molecule has 1 aliphatic carbocycles. The highest BCUT2D eigenvalue weighted by Crippen LogP contribution is 2.33. The number of aromatic amines is 1. The molecule has 2 aliphatic heterocycles. The summed E-state index contributed by atoms with van der Waals surface area (Å²) in [6, 6.07) is 2.30. The number of nitrogens with zero attached hydrogens (tertiary/aromatic N) is 6. The summed E-state index contributed by atoms with van der Waals surface area (Å²) in [6.45, 7) is 4.82. The Morgan fingerprint density at radius 2 is 1.73 bits per heavy atom. The van der Waals surface area contributed by atoms with Crippen molar-refractivity contribution >= 4 is 38.7 Å². The summed E-state index contributed by atoms with van der Waals surface area (Å²) in [5, 5.41) is 0.997. The molecule has 4 heterocycles. The summed E-state index contributed by atoms with van der Waals surface area (Å²) in [5.41, 5.74) is 0.819. The van der Waals surface area contributed by atoms with E-state index in [0.29, 0.717) is 45.3 Å². The number of sulfonamides is 1. The molecule has 0 bridgehead atoms. The molecule has 0 radical (unpaired) electrons. The van der Waals surface area contributed by atoms with Crippen LogP contribution in [0.3, 0.4) is 0 Å². The first kappa shape index (κ1) is 25.9. The van der Waals surface area contributed by atoms with Gasteiger partial charge in [0, 0.05) is 58.6 Å². The average molecular weight is 532 g/mol. The molecule has 2 amide bonds. The molecule has 0 unspecified atom stereocenters. The van der Waals surface area contributed by atoms with Crippen molar-refractivity contribution in [1.29, 1.82) is 0 Å². The van der Waals surface area contributed by atoms with Crippen molar-refractivity contribution in [3.8, 4) is 0 Å². The van der Waals surface area contributed by atoms with E-state index < -0.39 is 21.8 Å². The van der Waals surface area contributed by atoms with Crippen LogP contribution in [-0.4, -0.2) is 107 Å². The van der Waals surface area contributed by atoms with Gasteiger partial charge >= 0.3 is 11.8 Å². The van der Waals surface area contributed by atoms with Crippen LogP contribution in [0.25, 0.3) is 11.0 Å².